The van der Waals surface area contributed by atoms with Gasteiger partial charge in [0.1, 0.15) is 0 Å². The lowest BCUT2D eigenvalue weighted by Crippen LogP contribution is -2.23. The molecule has 1 aromatic carbocycles. The minimum atomic E-state index is -5.29. The first-order valence-electron chi connectivity index (χ1n) is 6.33. The minimum absolute atomic E-state index is 0.108. The van der Waals surface area contributed by atoms with Gasteiger partial charge in [-0.15, -0.1) is 11.6 Å². The first kappa shape index (κ1) is 18.1. The van der Waals surface area contributed by atoms with Crippen molar-refractivity contribution in [1.82, 2.24) is 0 Å². The maximum Gasteiger partial charge on any atom is 0.501 e. The molecule has 0 spiro atoms. The molecule has 0 radical (unpaired) electrons. The van der Waals surface area contributed by atoms with Crippen LogP contribution in [0.4, 0.5) is 18.9 Å². The van der Waals surface area contributed by atoms with Gasteiger partial charge in [-0.05, 0) is 36.6 Å². The van der Waals surface area contributed by atoms with Crippen LogP contribution in [0.3, 0.4) is 0 Å². The standard InChI is InChI=1S/C13H17ClF3NO2S/c1-9(2)7-10(14)8-18-11-3-5-12(6-4-11)21(19,20)13(15,16)17/h3-6,9-10,18H,7-8H2,1-2H3. The first-order chi connectivity index (χ1) is 9.54. The number of alkyl halides is 4. The fourth-order valence-corrected chi connectivity index (χ4v) is 2.90. The van der Waals surface area contributed by atoms with Crippen molar-refractivity contribution in [3.8, 4) is 0 Å². The van der Waals surface area contributed by atoms with Crippen LogP contribution in [-0.2, 0) is 9.84 Å². The van der Waals surface area contributed by atoms with Gasteiger partial charge in [0, 0.05) is 12.2 Å². The largest absolute Gasteiger partial charge is 0.501 e. The van der Waals surface area contributed by atoms with E-state index < -0.39 is 20.2 Å². The molecule has 1 N–H and O–H groups in total. The Hall–Kier alpha value is -0.950. The molecule has 1 atom stereocenters. The summed E-state index contributed by atoms with van der Waals surface area (Å²) < 4.78 is 59.5. The number of halogens is 4. The number of sulfone groups is 1. The molecule has 120 valence electrons. The lowest BCUT2D eigenvalue weighted by molar-refractivity contribution is -0.0436. The van der Waals surface area contributed by atoms with Crippen LogP contribution in [0.15, 0.2) is 29.2 Å². The molecule has 0 heterocycles. The second kappa shape index (κ2) is 6.87. The molecular weight excluding hydrogens is 327 g/mol. The molecule has 1 unspecified atom stereocenters. The Morgan fingerprint density at radius 1 is 1.19 bits per heavy atom. The van der Waals surface area contributed by atoms with Crippen LogP contribution in [0.1, 0.15) is 20.3 Å². The number of hydrogen-bond donors (Lipinski definition) is 1. The van der Waals surface area contributed by atoms with Gasteiger partial charge in [-0.1, -0.05) is 13.8 Å². The van der Waals surface area contributed by atoms with E-state index in [4.69, 9.17) is 11.6 Å². The zero-order chi connectivity index (χ0) is 16.3. The average Bonchev–Trinajstić information content (AvgIpc) is 2.34. The SMILES string of the molecule is CC(C)CC(Cl)CNc1ccc(S(=O)(=O)C(F)(F)F)cc1. The zero-order valence-corrected chi connectivity index (χ0v) is 13.2. The van der Waals surface area contributed by atoms with Crippen molar-refractivity contribution >= 4 is 27.1 Å². The molecule has 0 aliphatic carbocycles. The maximum atomic E-state index is 12.4. The summed E-state index contributed by atoms with van der Waals surface area (Å²) in [5, 5.41) is 2.85. The van der Waals surface area contributed by atoms with Gasteiger partial charge >= 0.3 is 5.51 Å². The topological polar surface area (TPSA) is 46.2 Å². The molecule has 0 saturated heterocycles. The molecule has 0 aromatic heterocycles. The van der Waals surface area contributed by atoms with E-state index in [1.54, 1.807) is 0 Å². The van der Waals surface area contributed by atoms with Crippen LogP contribution in [0.2, 0.25) is 0 Å². The van der Waals surface area contributed by atoms with Crippen molar-refractivity contribution < 1.29 is 21.6 Å². The third kappa shape index (κ3) is 5.07. The normalized spacial score (nSPS) is 14.2. The first-order valence-corrected chi connectivity index (χ1v) is 8.25. The van der Waals surface area contributed by atoms with Crippen LogP contribution in [0, 0.1) is 5.92 Å². The number of nitrogens with one attached hydrogen (secondary N) is 1. The lowest BCUT2D eigenvalue weighted by Gasteiger charge is -2.14. The van der Waals surface area contributed by atoms with Gasteiger partial charge in [-0.2, -0.15) is 13.2 Å². The van der Waals surface area contributed by atoms with E-state index in [1.807, 2.05) is 13.8 Å². The second-order valence-electron chi connectivity index (χ2n) is 5.08. The van der Waals surface area contributed by atoms with E-state index in [0.29, 0.717) is 18.2 Å². The highest BCUT2D eigenvalue weighted by Crippen LogP contribution is 2.30. The van der Waals surface area contributed by atoms with Gasteiger partial charge in [-0.25, -0.2) is 8.42 Å². The van der Waals surface area contributed by atoms with Crippen molar-refractivity contribution in [2.24, 2.45) is 5.92 Å². The van der Waals surface area contributed by atoms with Crippen molar-refractivity contribution in [2.75, 3.05) is 11.9 Å². The monoisotopic (exact) mass is 343 g/mol. The maximum absolute atomic E-state index is 12.4. The molecule has 3 nitrogen and oxygen atoms in total. The number of anilines is 1. The highest BCUT2D eigenvalue weighted by molar-refractivity contribution is 7.92. The third-order valence-corrected chi connectivity index (χ3v) is 4.56. The van der Waals surface area contributed by atoms with E-state index in [0.717, 1.165) is 18.6 Å². The Labute approximate surface area is 127 Å². The molecule has 0 fully saturated rings. The Morgan fingerprint density at radius 2 is 1.71 bits per heavy atom. The van der Waals surface area contributed by atoms with Crippen LogP contribution in [-0.4, -0.2) is 25.8 Å². The van der Waals surface area contributed by atoms with Crippen molar-refractivity contribution in [3.63, 3.8) is 0 Å². The summed E-state index contributed by atoms with van der Waals surface area (Å²) in [5.41, 5.74) is -4.77. The predicted octanol–water partition coefficient (Wildman–Crippen LogP) is 4.05. The van der Waals surface area contributed by atoms with E-state index in [1.165, 1.54) is 12.1 Å². The van der Waals surface area contributed by atoms with Crippen LogP contribution in [0.5, 0.6) is 0 Å². The van der Waals surface area contributed by atoms with Gasteiger partial charge in [-0.3, -0.25) is 0 Å². The highest BCUT2D eigenvalue weighted by atomic mass is 35.5. The Balaban J connectivity index is 2.72. The van der Waals surface area contributed by atoms with E-state index in [9.17, 15) is 21.6 Å². The summed E-state index contributed by atoms with van der Waals surface area (Å²) in [6, 6.07) is 4.43. The summed E-state index contributed by atoms with van der Waals surface area (Å²) in [6.07, 6.45) is 0.801. The van der Waals surface area contributed by atoms with Gasteiger partial charge in [0.05, 0.1) is 10.3 Å². The molecule has 1 rings (SSSR count). The minimum Gasteiger partial charge on any atom is -0.384 e. The molecule has 0 amide bonds. The summed E-state index contributed by atoms with van der Waals surface area (Å²) >= 11 is 6.08. The molecule has 8 heteroatoms. The number of benzene rings is 1. The third-order valence-electron chi connectivity index (χ3n) is 2.72. The van der Waals surface area contributed by atoms with E-state index in [-0.39, 0.29) is 5.38 Å². The summed E-state index contributed by atoms with van der Waals surface area (Å²) in [4.78, 5) is -0.773. The number of rotatable bonds is 6. The van der Waals surface area contributed by atoms with Gasteiger partial charge in [0.25, 0.3) is 9.84 Å². The fraction of sp³-hybridized carbons (Fsp3) is 0.538. The highest BCUT2D eigenvalue weighted by Gasteiger charge is 2.46. The lowest BCUT2D eigenvalue weighted by atomic mass is 10.1. The molecule has 0 aliphatic heterocycles. The quantitative estimate of drug-likeness (QED) is 0.793. The van der Waals surface area contributed by atoms with Crippen LogP contribution in [0.25, 0.3) is 0 Å². The summed E-state index contributed by atoms with van der Waals surface area (Å²) in [5.74, 6) is 0.439. The predicted molar refractivity (Wildman–Crippen MR) is 77.3 cm³/mol. The summed E-state index contributed by atoms with van der Waals surface area (Å²) in [7, 11) is -5.29. The molecule has 21 heavy (non-hydrogen) atoms. The summed E-state index contributed by atoms with van der Waals surface area (Å²) in [6.45, 7) is 4.52. The van der Waals surface area contributed by atoms with Gasteiger partial charge in [0.2, 0.25) is 0 Å². The smallest absolute Gasteiger partial charge is 0.384 e. The van der Waals surface area contributed by atoms with Gasteiger partial charge in [0.15, 0.2) is 0 Å². The second-order valence-corrected chi connectivity index (χ2v) is 7.64. The van der Waals surface area contributed by atoms with Crippen LogP contribution < -0.4 is 5.32 Å². The Bertz CT molecular complexity index is 556. The molecular formula is C13H17ClF3NO2S. The molecule has 0 bridgehead atoms. The van der Waals surface area contributed by atoms with Crippen LogP contribution >= 0.6 is 11.6 Å². The molecule has 1 aromatic rings. The molecule has 0 aliphatic rings. The van der Waals surface area contributed by atoms with Crippen molar-refractivity contribution in [1.29, 1.82) is 0 Å². The Kier molecular flexibility index (Phi) is 5.92. The fourth-order valence-electron chi connectivity index (χ4n) is 1.71. The average molecular weight is 344 g/mol. The zero-order valence-electron chi connectivity index (χ0n) is 11.6. The number of hydrogen-bond acceptors (Lipinski definition) is 3. The van der Waals surface area contributed by atoms with E-state index >= 15 is 0 Å². The molecule has 0 saturated carbocycles. The van der Waals surface area contributed by atoms with Gasteiger partial charge < -0.3 is 5.32 Å². The van der Waals surface area contributed by atoms with Crippen molar-refractivity contribution in [2.45, 2.75) is 36.0 Å². The van der Waals surface area contributed by atoms with Crippen molar-refractivity contribution in [3.05, 3.63) is 24.3 Å². The van der Waals surface area contributed by atoms with E-state index in [2.05, 4.69) is 5.32 Å². The Morgan fingerprint density at radius 3 is 2.14 bits per heavy atom.